The average molecular weight is 373 g/mol. The molecule has 1 amide bonds. The van der Waals surface area contributed by atoms with Crippen molar-refractivity contribution in [2.45, 2.75) is 0 Å². The monoisotopic (exact) mass is 371 g/mol. The molecule has 0 unspecified atom stereocenters. The van der Waals surface area contributed by atoms with Crippen LogP contribution >= 0.6 is 55.0 Å². The highest BCUT2D eigenvalue weighted by molar-refractivity contribution is 9.13. The van der Waals surface area contributed by atoms with E-state index in [1.54, 1.807) is 16.7 Å². The van der Waals surface area contributed by atoms with E-state index in [1.165, 1.54) is 11.3 Å². The van der Waals surface area contributed by atoms with Crippen LogP contribution in [0.1, 0.15) is 9.67 Å². The van der Waals surface area contributed by atoms with E-state index < -0.39 is 0 Å². The molecule has 0 aliphatic rings. The van der Waals surface area contributed by atoms with Gasteiger partial charge in [0.15, 0.2) is 0 Å². The quantitative estimate of drug-likeness (QED) is 0.802. The Balaban J connectivity index is 2.67. The number of carbonyl (C=O) groups is 1. The fourth-order valence-corrected chi connectivity index (χ4v) is 3.46. The topological polar surface area (TPSA) is 20.3 Å². The number of thiophene rings is 1. The maximum atomic E-state index is 11.9. The summed E-state index contributed by atoms with van der Waals surface area (Å²) in [6.45, 7) is 0.785. The van der Waals surface area contributed by atoms with E-state index in [4.69, 9.17) is 0 Å². The van der Waals surface area contributed by atoms with Gasteiger partial charge in [0.1, 0.15) is 0 Å². The van der Waals surface area contributed by atoms with Crippen molar-refractivity contribution in [3.8, 4) is 0 Å². The number of amides is 1. The van der Waals surface area contributed by atoms with Gasteiger partial charge in [0.25, 0.3) is 5.91 Å². The van der Waals surface area contributed by atoms with Crippen molar-refractivity contribution >= 4 is 60.9 Å². The number of halogens is 2. The summed E-state index contributed by atoms with van der Waals surface area (Å²) in [4.78, 5) is 14.4. The van der Waals surface area contributed by atoms with Gasteiger partial charge < -0.3 is 4.90 Å². The molecule has 15 heavy (non-hydrogen) atoms. The van der Waals surface area contributed by atoms with Gasteiger partial charge in [-0.15, -0.1) is 11.3 Å². The van der Waals surface area contributed by atoms with E-state index in [0.717, 1.165) is 25.4 Å². The van der Waals surface area contributed by atoms with Gasteiger partial charge in [0.05, 0.1) is 8.66 Å². The van der Waals surface area contributed by atoms with E-state index in [-0.39, 0.29) is 5.91 Å². The Morgan fingerprint density at radius 2 is 2.27 bits per heavy atom. The van der Waals surface area contributed by atoms with Crippen LogP contribution in [0.15, 0.2) is 14.3 Å². The third-order valence-electron chi connectivity index (χ3n) is 1.83. The molecule has 84 valence electrons. The zero-order chi connectivity index (χ0) is 11.4. The van der Waals surface area contributed by atoms with Crippen molar-refractivity contribution < 1.29 is 4.79 Å². The Labute approximate surface area is 115 Å². The molecule has 0 spiro atoms. The van der Waals surface area contributed by atoms with Crippen LogP contribution in [0.4, 0.5) is 0 Å². The molecule has 0 aliphatic heterocycles. The largest absolute Gasteiger partial charge is 0.340 e. The van der Waals surface area contributed by atoms with Crippen LogP contribution < -0.4 is 0 Å². The van der Waals surface area contributed by atoms with Crippen LogP contribution in [0.3, 0.4) is 0 Å². The van der Waals surface area contributed by atoms with Crippen LogP contribution in [0.25, 0.3) is 0 Å². The summed E-state index contributed by atoms with van der Waals surface area (Å²) in [5.41, 5.74) is 0. The number of nitrogens with zero attached hydrogens (tertiary/aromatic N) is 1. The lowest BCUT2D eigenvalue weighted by molar-refractivity contribution is 0.0808. The molecule has 2 nitrogen and oxygen atoms in total. The van der Waals surface area contributed by atoms with E-state index in [1.807, 2.05) is 19.4 Å². The van der Waals surface area contributed by atoms with Gasteiger partial charge >= 0.3 is 0 Å². The lowest BCUT2D eigenvalue weighted by Gasteiger charge is -2.14. The predicted molar refractivity (Wildman–Crippen MR) is 75.1 cm³/mol. The second kappa shape index (κ2) is 6.27. The second-order valence-corrected chi connectivity index (χ2v) is 7.16. The van der Waals surface area contributed by atoms with Crippen molar-refractivity contribution in [1.29, 1.82) is 0 Å². The minimum absolute atomic E-state index is 0.0838. The first kappa shape index (κ1) is 13.5. The molecule has 0 saturated heterocycles. The molecule has 0 bridgehead atoms. The molecule has 1 aromatic rings. The Hall–Kier alpha value is 0.480. The summed E-state index contributed by atoms with van der Waals surface area (Å²) < 4.78 is 1.90. The van der Waals surface area contributed by atoms with Crippen molar-refractivity contribution in [3.05, 3.63) is 19.2 Å². The summed E-state index contributed by atoms with van der Waals surface area (Å²) >= 11 is 9.96. The zero-order valence-electron chi connectivity index (χ0n) is 8.42. The number of rotatable bonds is 4. The highest BCUT2D eigenvalue weighted by Crippen LogP contribution is 2.32. The maximum absolute atomic E-state index is 11.9. The molecule has 0 fully saturated rings. The molecule has 0 N–H and O–H groups in total. The highest BCUT2D eigenvalue weighted by atomic mass is 79.9. The van der Waals surface area contributed by atoms with Gasteiger partial charge in [-0.25, -0.2) is 0 Å². The number of hydrogen-bond acceptors (Lipinski definition) is 3. The second-order valence-electron chi connectivity index (χ2n) is 2.95. The molecule has 1 aromatic heterocycles. The number of hydrogen-bond donors (Lipinski definition) is 0. The van der Waals surface area contributed by atoms with Crippen LogP contribution in [0, 0.1) is 0 Å². The Kier molecular flexibility index (Phi) is 5.66. The molecule has 0 aliphatic carbocycles. The molecule has 1 heterocycles. The van der Waals surface area contributed by atoms with Gasteiger partial charge in [-0.05, 0) is 44.2 Å². The van der Waals surface area contributed by atoms with Crippen LogP contribution in [-0.2, 0) is 0 Å². The zero-order valence-corrected chi connectivity index (χ0v) is 13.2. The van der Waals surface area contributed by atoms with Crippen LogP contribution in [-0.4, -0.2) is 36.4 Å². The third kappa shape index (κ3) is 3.76. The summed E-state index contributed by atoms with van der Waals surface area (Å²) in [5.74, 6) is 1.05. The SMILES string of the molecule is CSCCN(C)C(=O)c1cc(Br)c(Br)s1. The Morgan fingerprint density at radius 1 is 1.60 bits per heavy atom. The van der Waals surface area contributed by atoms with E-state index >= 15 is 0 Å². The normalized spacial score (nSPS) is 10.4. The van der Waals surface area contributed by atoms with Crippen LogP contribution in [0.2, 0.25) is 0 Å². The van der Waals surface area contributed by atoms with E-state index in [0.29, 0.717) is 0 Å². The highest BCUT2D eigenvalue weighted by Gasteiger charge is 2.15. The smallest absolute Gasteiger partial charge is 0.263 e. The molecular weight excluding hydrogens is 362 g/mol. The molecule has 1 rings (SSSR count). The fourth-order valence-electron chi connectivity index (χ4n) is 0.970. The Morgan fingerprint density at radius 3 is 2.73 bits per heavy atom. The third-order valence-corrected chi connectivity index (χ3v) is 5.67. The minimum Gasteiger partial charge on any atom is -0.340 e. The number of thioether (sulfide) groups is 1. The van der Waals surface area contributed by atoms with E-state index in [2.05, 4.69) is 31.9 Å². The molecule has 6 heteroatoms. The first-order chi connectivity index (χ1) is 7.06. The minimum atomic E-state index is 0.0838. The van der Waals surface area contributed by atoms with Gasteiger partial charge in [0, 0.05) is 23.8 Å². The van der Waals surface area contributed by atoms with E-state index in [9.17, 15) is 4.79 Å². The fraction of sp³-hybridized carbons (Fsp3) is 0.444. The standard InChI is InChI=1S/C9H11Br2NOS2/c1-12(3-4-14-2)9(13)7-5-6(10)8(11)15-7/h5H,3-4H2,1-2H3. The molecule has 0 radical (unpaired) electrons. The summed E-state index contributed by atoms with van der Waals surface area (Å²) in [6, 6.07) is 1.85. The van der Waals surface area contributed by atoms with Crippen molar-refractivity contribution in [2.75, 3.05) is 25.6 Å². The maximum Gasteiger partial charge on any atom is 0.263 e. The Bertz CT molecular complexity index is 334. The lowest BCUT2D eigenvalue weighted by Crippen LogP contribution is -2.28. The molecule has 0 saturated carbocycles. The summed E-state index contributed by atoms with van der Waals surface area (Å²) in [7, 11) is 1.83. The van der Waals surface area contributed by atoms with Gasteiger partial charge in [-0.1, -0.05) is 0 Å². The first-order valence-corrected chi connectivity index (χ1v) is 8.05. The van der Waals surface area contributed by atoms with Crippen molar-refractivity contribution in [3.63, 3.8) is 0 Å². The van der Waals surface area contributed by atoms with Gasteiger partial charge in [0.2, 0.25) is 0 Å². The van der Waals surface area contributed by atoms with Gasteiger partial charge in [-0.2, -0.15) is 11.8 Å². The van der Waals surface area contributed by atoms with Crippen LogP contribution in [0.5, 0.6) is 0 Å². The van der Waals surface area contributed by atoms with Crippen molar-refractivity contribution in [1.82, 2.24) is 4.90 Å². The molecular formula is C9H11Br2NOS2. The summed E-state index contributed by atoms with van der Waals surface area (Å²) in [5, 5.41) is 0. The summed E-state index contributed by atoms with van der Waals surface area (Å²) in [6.07, 6.45) is 2.04. The first-order valence-electron chi connectivity index (χ1n) is 4.25. The van der Waals surface area contributed by atoms with Crippen molar-refractivity contribution in [2.24, 2.45) is 0 Å². The average Bonchev–Trinajstić information content (AvgIpc) is 2.54. The lowest BCUT2D eigenvalue weighted by atomic mass is 10.4. The van der Waals surface area contributed by atoms with Gasteiger partial charge in [-0.3, -0.25) is 4.79 Å². The molecule has 0 atom stereocenters. The predicted octanol–water partition coefficient (Wildman–Crippen LogP) is 3.71. The molecule has 0 aromatic carbocycles. The number of carbonyl (C=O) groups excluding carboxylic acids is 1.